The van der Waals surface area contributed by atoms with Crippen LogP contribution in [0.25, 0.3) is 10.1 Å². The molecule has 5 heteroatoms. The van der Waals surface area contributed by atoms with Gasteiger partial charge in [0.1, 0.15) is 0 Å². The molecule has 3 rings (SSSR count). The molecule has 0 amide bonds. The van der Waals surface area contributed by atoms with Crippen molar-refractivity contribution >= 4 is 21.6 Å². The molecular weight excluding hydrogens is 280 g/mol. The Morgan fingerprint density at radius 2 is 2.05 bits per heavy atom. The molecule has 21 heavy (non-hydrogen) atoms. The quantitative estimate of drug-likeness (QED) is 0.781. The smallest absolute Gasteiger partial charge is 0.0758 e. The van der Waals surface area contributed by atoms with E-state index >= 15 is 0 Å². The zero-order chi connectivity index (χ0) is 14.8. The SMILES string of the molecule is Cc1nn(C(C)C)cc1CNCc1nsc2ccccc12. The van der Waals surface area contributed by atoms with Gasteiger partial charge in [-0.25, -0.2) is 0 Å². The number of aromatic nitrogens is 3. The van der Waals surface area contributed by atoms with Crippen molar-refractivity contribution in [3.8, 4) is 0 Å². The van der Waals surface area contributed by atoms with Crippen molar-refractivity contribution < 1.29 is 0 Å². The highest BCUT2D eigenvalue weighted by molar-refractivity contribution is 7.13. The summed E-state index contributed by atoms with van der Waals surface area (Å²) in [6.07, 6.45) is 2.13. The summed E-state index contributed by atoms with van der Waals surface area (Å²) in [5, 5.41) is 9.27. The van der Waals surface area contributed by atoms with Gasteiger partial charge in [0.15, 0.2) is 0 Å². The summed E-state index contributed by atoms with van der Waals surface area (Å²) >= 11 is 1.56. The van der Waals surface area contributed by atoms with Gasteiger partial charge in [0.25, 0.3) is 0 Å². The molecule has 0 saturated carbocycles. The van der Waals surface area contributed by atoms with Crippen LogP contribution in [0, 0.1) is 6.92 Å². The molecule has 0 spiro atoms. The van der Waals surface area contributed by atoms with Gasteiger partial charge in [0.2, 0.25) is 0 Å². The number of fused-ring (bicyclic) bond motifs is 1. The van der Waals surface area contributed by atoms with Crippen LogP contribution in [0.3, 0.4) is 0 Å². The van der Waals surface area contributed by atoms with Crippen molar-refractivity contribution in [1.29, 1.82) is 0 Å². The molecule has 0 atom stereocenters. The van der Waals surface area contributed by atoms with Gasteiger partial charge in [-0.3, -0.25) is 4.68 Å². The molecular formula is C16H20N4S. The van der Waals surface area contributed by atoms with Gasteiger partial charge in [-0.2, -0.15) is 9.47 Å². The van der Waals surface area contributed by atoms with Gasteiger partial charge in [-0.15, -0.1) is 0 Å². The van der Waals surface area contributed by atoms with E-state index in [1.165, 1.54) is 15.6 Å². The third kappa shape index (κ3) is 2.99. The van der Waals surface area contributed by atoms with Crippen LogP contribution in [-0.4, -0.2) is 14.2 Å². The van der Waals surface area contributed by atoms with Crippen LogP contribution in [0.15, 0.2) is 30.5 Å². The Bertz CT molecular complexity index is 742. The minimum atomic E-state index is 0.403. The number of nitrogens with zero attached hydrogens (tertiary/aromatic N) is 3. The Kier molecular flexibility index (Phi) is 4.03. The zero-order valence-electron chi connectivity index (χ0n) is 12.6. The largest absolute Gasteiger partial charge is 0.307 e. The van der Waals surface area contributed by atoms with E-state index in [1.807, 2.05) is 4.68 Å². The maximum atomic E-state index is 4.54. The number of benzene rings is 1. The Hall–Kier alpha value is -1.72. The first-order chi connectivity index (χ1) is 10.1. The lowest BCUT2D eigenvalue weighted by atomic mass is 10.2. The second-order valence-electron chi connectivity index (χ2n) is 5.54. The zero-order valence-corrected chi connectivity index (χ0v) is 13.4. The van der Waals surface area contributed by atoms with Crippen molar-refractivity contribution in [1.82, 2.24) is 19.5 Å². The van der Waals surface area contributed by atoms with Crippen molar-refractivity contribution in [2.45, 2.75) is 39.9 Å². The summed E-state index contributed by atoms with van der Waals surface area (Å²) in [6, 6.07) is 8.78. The second kappa shape index (κ2) is 5.95. The molecule has 2 aromatic heterocycles. The molecule has 1 N–H and O–H groups in total. The van der Waals surface area contributed by atoms with E-state index < -0.39 is 0 Å². The molecule has 0 unspecified atom stereocenters. The average molecular weight is 300 g/mol. The topological polar surface area (TPSA) is 42.7 Å². The van der Waals surface area contributed by atoms with Crippen LogP contribution in [-0.2, 0) is 13.1 Å². The lowest BCUT2D eigenvalue weighted by Gasteiger charge is -2.03. The van der Waals surface area contributed by atoms with Gasteiger partial charge < -0.3 is 5.32 Å². The van der Waals surface area contributed by atoms with Crippen LogP contribution >= 0.6 is 11.5 Å². The number of aryl methyl sites for hydroxylation is 1. The third-order valence-electron chi connectivity index (χ3n) is 3.61. The molecule has 0 fully saturated rings. The van der Waals surface area contributed by atoms with Crippen LogP contribution < -0.4 is 5.32 Å². The highest BCUT2D eigenvalue weighted by atomic mass is 32.1. The summed E-state index contributed by atoms with van der Waals surface area (Å²) < 4.78 is 7.81. The van der Waals surface area contributed by atoms with E-state index in [-0.39, 0.29) is 0 Å². The van der Waals surface area contributed by atoms with E-state index in [1.54, 1.807) is 11.5 Å². The van der Waals surface area contributed by atoms with E-state index in [0.717, 1.165) is 24.5 Å². The number of rotatable bonds is 5. The van der Waals surface area contributed by atoms with Gasteiger partial charge in [0, 0.05) is 36.3 Å². The van der Waals surface area contributed by atoms with Gasteiger partial charge >= 0.3 is 0 Å². The Labute approximate surface area is 129 Å². The molecule has 0 bridgehead atoms. The van der Waals surface area contributed by atoms with E-state index in [9.17, 15) is 0 Å². The van der Waals surface area contributed by atoms with Crippen LogP contribution in [0.1, 0.15) is 36.8 Å². The molecule has 0 radical (unpaired) electrons. The van der Waals surface area contributed by atoms with E-state index in [4.69, 9.17) is 0 Å². The molecule has 4 nitrogen and oxygen atoms in total. The lowest BCUT2D eigenvalue weighted by Crippen LogP contribution is -2.13. The first-order valence-electron chi connectivity index (χ1n) is 7.24. The molecule has 0 saturated heterocycles. The molecule has 2 heterocycles. The Balaban J connectivity index is 1.66. The summed E-state index contributed by atoms with van der Waals surface area (Å²) in [5.41, 5.74) is 3.48. The minimum absolute atomic E-state index is 0.403. The lowest BCUT2D eigenvalue weighted by molar-refractivity contribution is 0.528. The predicted octanol–water partition coefficient (Wildman–Crippen LogP) is 3.67. The fourth-order valence-corrected chi connectivity index (χ4v) is 3.13. The summed E-state index contributed by atoms with van der Waals surface area (Å²) in [5.74, 6) is 0. The Morgan fingerprint density at radius 1 is 1.24 bits per heavy atom. The van der Waals surface area contributed by atoms with E-state index in [2.05, 4.69) is 66.0 Å². The fourth-order valence-electron chi connectivity index (χ4n) is 2.34. The highest BCUT2D eigenvalue weighted by Crippen LogP contribution is 2.22. The number of nitrogens with one attached hydrogen (secondary N) is 1. The highest BCUT2D eigenvalue weighted by Gasteiger charge is 2.08. The van der Waals surface area contributed by atoms with Crippen LogP contribution in [0.4, 0.5) is 0 Å². The fraction of sp³-hybridized carbons (Fsp3) is 0.375. The standard InChI is InChI=1S/C16H20N4S/c1-11(2)20-10-13(12(3)18-20)8-17-9-15-14-6-4-5-7-16(14)21-19-15/h4-7,10-11,17H,8-9H2,1-3H3. The molecule has 3 aromatic rings. The first kappa shape index (κ1) is 14.2. The maximum absolute atomic E-state index is 4.54. The molecule has 0 aliphatic heterocycles. The molecule has 0 aliphatic rings. The van der Waals surface area contributed by atoms with Gasteiger partial charge in [-0.05, 0) is 38.4 Å². The molecule has 110 valence electrons. The van der Waals surface area contributed by atoms with Crippen molar-refractivity contribution in [2.75, 3.05) is 0 Å². The normalized spacial score (nSPS) is 11.6. The van der Waals surface area contributed by atoms with E-state index in [0.29, 0.717) is 6.04 Å². The first-order valence-corrected chi connectivity index (χ1v) is 8.01. The van der Waals surface area contributed by atoms with Crippen molar-refractivity contribution in [2.24, 2.45) is 0 Å². The van der Waals surface area contributed by atoms with Crippen molar-refractivity contribution in [3.63, 3.8) is 0 Å². The van der Waals surface area contributed by atoms with Crippen molar-refractivity contribution in [3.05, 3.63) is 47.4 Å². The maximum Gasteiger partial charge on any atom is 0.0758 e. The number of hydrogen-bond acceptors (Lipinski definition) is 4. The van der Waals surface area contributed by atoms with Crippen LogP contribution in [0.5, 0.6) is 0 Å². The summed E-state index contributed by atoms with van der Waals surface area (Å²) in [6.45, 7) is 7.96. The van der Waals surface area contributed by atoms with Gasteiger partial charge in [0.05, 0.1) is 16.1 Å². The average Bonchev–Trinajstić information content (AvgIpc) is 3.04. The number of hydrogen-bond donors (Lipinski definition) is 1. The summed E-state index contributed by atoms with van der Waals surface area (Å²) in [7, 11) is 0. The minimum Gasteiger partial charge on any atom is -0.307 e. The summed E-state index contributed by atoms with van der Waals surface area (Å²) in [4.78, 5) is 0. The molecule has 0 aliphatic carbocycles. The van der Waals surface area contributed by atoms with Gasteiger partial charge in [-0.1, -0.05) is 18.2 Å². The predicted molar refractivity (Wildman–Crippen MR) is 87.5 cm³/mol. The third-order valence-corrected chi connectivity index (χ3v) is 4.47. The molecule has 1 aromatic carbocycles. The van der Waals surface area contributed by atoms with Crippen LogP contribution in [0.2, 0.25) is 0 Å². The monoisotopic (exact) mass is 300 g/mol. The second-order valence-corrected chi connectivity index (χ2v) is 6.35. The Morgan fingerprint density at radius 3 is 2.81 bits per heavy atom.